The van der Waals surface area contributed by atoms with Crippen LogP contribution in [0.5, 0.6) is 0 Å². The van der Waals surface area contributed by atoms with Crippen LogP contribution in [0.1, 0.15) is 38.7 Å². The summed E-state index contributed by atoms with van der Waals surface area (Å²) in [5, 5.41) is 3.68. The zero-order valence-corrected chi connectivity index (χ0v) is 14.8. The van der Waals surface area contributed by atoms with Gasteiger partial charge in [0.1, 0.15) is 5.82 Å². The van der Waals surface area contributed by atoms with Gasteiger partial charge in [0.15, 0.2) is 5.11 Å². The molecule has 1 aromatic carbocycles. The molecule has 1 aliphatic rings. The third-order valence-corrected chi connectivity index (χ3v) is 4.82. The predicted molar refractivity (Wildman–Crippen MR) is 98.4 cm³/mol. The lowest BCUT2D eigenvalue weighted by atomic mass is 9.78. The number of hydrogen-bond acceptors (Lipinski definition) is 2. The van der Waals surface area contributed by atoms with E-state index < -0.39 is 0 Å². The number of nitrogens with one attached hydrogen (secondary N) is 3. The summed E-state index contributed by atoms with van der Waals surface area (Å²) in [4.78, 5) is 11.8. The van der Waals surface area contributed by atoms with E-state index in [2.05, 4.69) is 30.0 Å². The summed E-state index contributed by atoms with van der Waals surface area (Å²) in [5.74, 6) is 0.523. The first kappa shape index (κ1) is 18.4. The quantitative estimate of drug-likeness (QED) is 0.446. The van der Waals surface area contributed by atoms with Crippen LogP contribution >= 0.6 is 12.2 Å². The highest BCUT2D eigenvalue weighted by Gasteiger charge is 2.27. The fourth-order valence-electron chi connectivity index (χ4n) is 2.93. The summed E-state index contributed by atoms with van der Waals surface area (Å²) in [6.07, 6.45) is 6.40. The van der Waals surface area contributed by atoms with Gasteiger partial charge in [0, 0.05) is 12.1 Å². The molecule has 0 saturated heterocycles. The van der Waals surface area contributed by atoms with Gasteiger partial charge < -0.3 is 5.32 Å². The SMILES string of the molecule is C[C@@H]1[C@@H](C)CCC[C@H]1NC(=S)NNC(=O)/C=C/c1cccc(F)c1. The monoisotopic (exact) mass is 349 g/mol. The van der Waals surface area contributed by atoms with Crippen molar-refractivity contribution in [1.29, 1.82) is 0 Å². The van der Waals surface area contributed by atoms with Gasteiger partial charge >= 0.3 is 0 Å². The summed E-state index contributed by atoms with van der Waals surface area (Å²) in [6, 6.07) is 6.35. The number of carbonyl (C=O) groups is 1. The van der Waals surface area contributed by atoms with Crippen molar-refractivity contribution in [3.05, 3.63) is 41.7 Å². The third-order valence-electron chi connectivity index (χ3n) is 4.60. The molecule has 0 unspecified atom stereocenters. The molecule has 3 N–H and O–H groups in total. The van der Waals surface area contributed by atoms with Crippen LogP contribution in [0, 0.1) is 17.7 Å². The minimum atomic E-state index is -0.353. The van der Waals surface area contributed by atoms with Gasteiger partial charge in [0.05, 0.1) is 0 Å². The molecule has 1 fully saturated rings. The molecule has 0 radical (unpaired) electrons. The molecule has 0 aromatic heterocycles. The fourth-order valence-corrected chi connectivity index (χ4v) is 3.13. The molecular formula is C18H24FN3OS. The number of hydrogen-bond donors (Lipinski definition) is 3. The lowest BCUT2D eigenvalue weighted by Gasteiger charge is -2.35. The molecule has 1 aliphatic carbocycles. The van der Waals surface area contributed by atoms with Gasteiger partial charge in [-0.25, -0.2) is 4.39 Å². The number of thiocarbonyl (C=S) groups is 1. The van der Waals surface area contributed by atoms with E-state index in [1.807, 2.05) is 0 Å². The van der Waals surface area contributed by atoms with Crippen molar-refractivity contribution < 1.29 is 9.18 Å². The first-order valence-electron chi connectivity index (χ1n) is 8.26. The van der Waals surface area contributed by atoms with Gasteiger partial charge in [-0.05, 0) is 54.2 Å². The highest BCUT2D eigenvalue weighted by Crippen LogP contribution is 2.29. The number of rotatable bonds is 3. The molecule has 4 nitrogen and oxygen atoms in total. The molecule has 0 aliphatic heterocycles. The van der Waals surface area contributed by atoms with Crippen LogP contribution in [0.25, 0.3) is 6.08 Å². The zero-order valence-electron chi connectivity index (χ0n) is 14.0. The van der Waals surface area contributed by atoms with Crippen molar-refractivity contribution in [3.8, 4) is 0 Å². The number of hydrazine groups is 1. The first-order valence-corrected chi connectivity index (χ1v) is 8.66. The van der Waals surface area contributed by atoms with E-state index in [0.29, 0.717) is 28.6 Å². The highest BCUT2D eigenvalue weighted by atomic mass is 32.1. The number of benzene rings is 1. The van der Waals surface area contributed by atoms with Crippen LogP contribution in [-0.4, -0.2) is 17.1 Å². The second kappa shape index (κ2) is 8.78. The smallest absolute Gasteiger partial charge is 0.262 e. The van der Waals surface area contributed by atoms with Gasteiger partial charge in [-0.15, -0.1) is 0 Å². The van der Waals surface area contributed by atoms with Crippen molar-refractivity contribution in [2.24, 2.45) is 11.8 Å². The van der Waals surface area contributed by atoms with Crippen molar-refractivity contribution in [2.75, 3.05) is 0 Å². The standard InChI is InChI=1S/C18H24FN3OS/c1-12-5-3-8-16(13(12)2)20-18(24)22-21-17(23)10-9-14-6-4-7-15(19)11-14/h4,6-7,9-13,16H,3,5,8H2,1-2H3,(H,21,23)(H2,20,22,24)/b10-9+/t12-,13+,16+/m0/s1. The second-order valence-electron chi connectivity index (χ2n) is 6.35. The van der Waals surface area contributed by atoms with Crippen LogP contribution in [0.2, 0.25) is 0 Å². The first-order chi connectivity index (χ1) is 11.5. The Bertz CT molecular complexity index is 620. The lowest BCUT2D eigenvalue weighted by Crippen LogP contribution is -2.52. The molecular weight excluding hydrogens is 325 g/mol. The fraction of sp³-hybridized carbons (Fsp3) is 0.444. The molecule has 0 heterocycles. The molecule has 1 amide bonds. The Morgan fingerprint density at radius 3 is 2.83 bits per heavy atom. The second-order valence-corrected chi connectivity index (χ2v) is 6.76. The summed E-state index contributed by atoms with van der Waals surface area (Å²) < 4.78 is 13.1. The summed E-state index contributed by atoms with van der Waals surface area (Å²) in [6.45, 7) is 4.48. The maximum absolute atomic E-state index is 13.1. The van der Waals surface area contributed by atoms with Crippen LogP contribution in [-0.2, 0) is 4.79 Å². The minimum Gasteiger partial charge on any atom is -0.358 e. The molecule has 0 spiro atoms. The van der Waals surface area contributed by atoms with Crippen LogP contribution in [0.3, 0.4) is 0 Å². The molecule has 3 atom stereocenters. The number of halogens is 1. The Balaban J connectivity index is 1.76. The third kappa shape index (κ3) is 5.60. The molecule has 1 aromatic rings. The maximum Gasteiger partial charge on any atom is 0.262 e. The van der Waals surface area contributed by atoms with Crippen LogP contribution < -0.4 is 16.2 Å². The Morgan fingerprint density at radius 2 is 2.08 bits per heavy atom. The number of carbonyl (C=O) groups excluding carboxylic acids is 1. The normalized spacial score (nSPS) is 23.7. The van der Waals surface area contributed by atoms with E-state index in [0.717, 1.165) is 6.42 Å². The van der Waals surface area contributed by atoms with Gasteiger partial charge in [0.2, 0.25) is 0 Å². The van der Waals surface area contributed by atoms with Crippen molar-refractivity contribution in [3.63, 3.8) is 0 Å². The summed E-state index contributed by atoms with van der Waals surface area (Å²) in [7, 11) is 0. The average molecular weight is 349 g/mol. The van der Waals surface area contributed by atoms with E-state index in [1.54, 1.807) is 18.2 Å². The van der Waals surface area contributed by atoms with E-state index in [-0.39, 0.29) is 11.7 Å². The Hall–Kier alpha value is -1.95. The Kier molecular flexibility index (Phi) is 6.73. The largest absolute Gasteiger partial charge is 0.358 e. The highest BCUT2D eigenvalue weighted by molar-refractivity contribution is 7.80. The van der Waals surface area contributed by atoms with Gasteiger partial charge in [-0.1, -0.05) is 38.8 Å². The Morgan fingerprint density at radius 1 is 1.29 bits per heavy atom. The van der Waals surface area contributed by atoms with Gasteiger partial charge in [-0.3, -0.25) is 15.6 Å². The Labute approximate surface area is 147 Å². The summed E-state index contributed by atoms with van der Waals surface area (Å²) in [5.41, 5.74) is 5.84. The van der Waals surface area contributed by atoms with Crippen LogP contribution in [0.4, 0.5) is 4.39 Å². The summed E-state index contributed by atoms with van der Waals surface area (Å²) >= 11 is 5.23. The maximum atomic E-state index is 13.1. The van der Waals surface area contributed by atoms with Gasteiger partial charge in [0.25, 0.3) is 5.91 Å². The molecule has 130 valence electrons. The van der Waals surface area contributed by atoms with E-state index in [1.165, 1.54) is 31.1 Å². The molecule has 6 heteroatoms. The predicted octanol–water partition coefficient (Wildman–Crippen LogP) is 3.16. The molecule has 2 rings (SSSR count). The lowest BCUT2D eigenvalue weighted by molar-refractivity contribution is -0.116. The zero-order chi connectivity index (χ0) is 17.5. The van der Waals surface area contributed by atoms with Gasteiger partial charge in [-0.2, -0.15) is 0 Å². The van der Waals surface area contributed by atoms with Crippen LogP contribution in [0.15, 0.2) is 30.3 Å². The van der Waals surface area contributed by atoms with E-state index >= 15 is 0 Å². The molecule has 24 heavy (non-hydrogen) atoms. The topological polar surface area (TPSA) is 53.2 Å². The van der Waals surface area contributed by atoms with Crippen molar-refractivity contribution in [2.45, 2.75) is 39.2 Å². The van der Waals surface area contributed by atoms with E-state index in [9.17, 15) is 9.18 Å². The average Bonchev–Trinajstić information content (AvgIpc) is 2.55. The minimum absolute atomic E-state index is 0.327. The number of amides is 1. The van der Waals surface area contributed by atoms with Crippen molar-refractivity contribution in [1.82, 2.24) is 16.2 Å². The molecule has 0 bridgehead atoms. The van der Waals surface area contributed by atoms with E-state index in [4.69, 9.17) is 12.2 Å². The molecule has 1 saturated carbocycles. The van der Waals surface area contributed by atoms with Crippen molar-refractivity contribution >= 4 is 29.3 Å².